The summed E-state index contributed by atoms with van der Waals surface area (Å²) in [6.07, 6.45) is 3.63. The van der Waals surface area contributed by atoms with Crippen molar-refractivity contribution in [3.8, 4) is 11.1 Å². The van der Waals surface area contributed by atoms with Gasteiger partial charge in [-0.2, -0.15) is 0 Å². The molecule has 2 heterocycles. The van der Waals surface area contributed by atoms with Crippen LogP contribution in [0.1, 0.15) is 49.3 Å². The van der Waals surface area contributed by atoms with Crippen molar-refractivity contribution in [3.05, 3.63) is 82.6 Å². The Kier molecular flexibility index (Phi) is 11.5. The maximum Gasteiger partial charge on any atom is 0.293 e. The molecule has 2 aromatic carbocycles. The van der Waals surface area contributed by atoms with Gasteiger partial charge in [0, 0.05) is 41.2 Å². The molecule has 0 saturated heterocycles. The van der Waals surface area contributed by atoms with E-state index in [4.69, 9.17) is 16.3 Å². The zero-order valence-electron chi connectivity index (χ0n) is 22.5. The van der Waals surface area contributed by atoms with Gasteiger partial charge in [0.05, 0.1) is 23.4 Å². The van der Waals surface area contributed by atoms with Gasteiger partial charge >= 0.3 is 0 Å². The number of carbonyl (C=O) groups is 2. The molecule has 0 bridgehead atoms. The minimum Gasteiger partial charge on any atom is -0.468 e. The molecule has 0 fully saturated rings. The first kappa shape index (κ1) is 31.1. The van der Waals surface area contributed by atoms with E-state index in [0.717, 1.165) is 29.4 Å². The lowest BCUT2D eigenvalue weighted by Gasteiger charge is -2.12. The first-order valence-corrected chi connectivity index (χ1v) is 13.9. The smallest absolute Gasteiger partial charge is 0.293 e. The van der Waals surface area contributed by atoms with Crippen LogP contribution < -0.4 is 4.72 Å². The van der Waals surface area contributed by atoms with Crippen LogP contribution in [0.5, 0.6) is 0 Å². The highest BCUT2D eigenvalue weighted by atomic mass is 35.5. The Balaban J connectivity index is 0.000000810. The van der Waals surface area contributed by atoms with Crippen LogP contribution in [0.2, 0.25) is 5.02 Å². The quantitative estimate of drug-likeness (QED) is 0.0831. The number of hydrogen-bond acceptors (Lipinski definition) is 7. The molecule has 212 valence electrons. The van der Waals surface area contributed by atoms with Gasteiger partial charge in [-0.25, -0.2) is 13.8 Å². The lowest BCUT2D eigenvalue weighted by atomic mass is 10.00. The highest BCUT2D eigenvalue weighted by Crippen LogP contribution is 2.32. The van der Waals surface area contributed by atoms with Gasteiger partial charge in [-0.05, 0) is 56.2 Å². The predicted octanol–water partition coefficient (Wildman–Crippen LogP) is 7.68. The van der Waals surface area contributed by atoms with E-state index >= 15 is 4.39 Å². The maximum absolute atomic E-state index is 15.3. The predicted molar refractivity (Wildman–Crippen MR) is 156 cm³/mol. The molecule has 2 aromatic heterocycles. The minimum absolute atomic E-state index is 0.0576. The minimum atomic E-state index is -0.930. The summed E-state index contributed by atoms with van der Waals surface area (Å²) in [4.78, 5) is 27.3. The summed E-state index contributed by atoms with van der Waals surface area (Å²) in [5.41, 5.74) is 1.61. The third-order valence-corrected chi connectivity index (χ3v) is 7.09. The molecule has 4 rings (SSSR count). The Morgan fingerprint density at radius 3 is 2.50 bits per heavy atom. The second-order valence-corrected chi connectivity index (χ2v) is 9.84. The first-order chi connectivity index (χ1) is 19.3. The molecule has 0 amide bonds. The fraction of sp³-hybridized carbons (Fsp3) is 0.276. The van der Waals surface area contributed by atoms with Crippen LogP contribution in [-0.4, -0.2) is 41.3 Å². The summed E-state index contributed by atoms with van der Waals surface area (Å²) >= 11 is 7.30. The van der Waals surface area contributed by atoms with E-state index in [9.17, 15) is 14.0 Å². The molecule has 0 saturated carbocycles. The summed E-state index contributed by atoms with van der Waals surface area (Å²) in [5.74, 6) is -1.89. The summed E-state index contributed by atoms with van der Waals surface area (Å²) in [7, 11) is 1.53. The molecule has 0 spiro atoms. The van der Waals surface area contributed by atoms with Crippen LogP contribution in [0.3, 0.4) is 0 Å². The summed E-state index contributed by atoms with van der Waals surface area (Å²) in [6, 6.07) is 11.4. The molecule has 40 heavy (non-hydrogen) atoms. The molecule has 1 atom stereocenters. The van der Waals surface area contributed by atoms with Gasteiger partial charge < -0.3 is 18.8 Å². The Bertz CT molecular complexity index is 1460. The first-order valence-electron chi connectivity index (χ1n) is 12.5. The van der Waals surface area contributed by atoms with E-state index in [1.54, 1.807) is 42.8 Å². The third kappa shape index (κ3) is 7.18. The Morgan fingerprint density at radius 2 is 1.90 bits per heavy atom. The van der Waals surface area contributed by atoms with E-state index in [0.29, 0.717) is 29.1 Å². The fourth-order valence-electron chi connectivity index (χ4n) is 3.78. The monoisotopic (exact) mass is 589 g/mol. The van der Waals surface area contributed by atoms with Crippen LogP contribution in [0.15, 0.2) is 54.9 Å². The van der Waals surface area contributed by atoms with Crippen LogP contribution in [0, 0.1) is 11.6 Å². The van der Waals surface area contributed by atoms with Crippen molar-refractivity contribution in [1.29, 1.82) is 0 Å². The molecule has 0 radical (unpaired) electrons. The van der Waals surface area contributed by atoms with E-state index in [1.165, 1.54) is 31.3 Å². The number of methoxy groups -OCH3 is 1. The van der Waals surface area contributed by atoms with Crippen molar-refractivity contribution in [1.82, 2.24) is 9.55 Å². The number of carbonyl (C=O) groups excluding carboxylic acids is 2. The van der Waals surface area contributed by atoms with Crippen molar-refractivity contribution in [2.24, 2.45) is 0 Å². The average molecular weight is 590 g/mol. The van der Waals surface area contributed by atoms with Gasteiger partial charge in [0.15, 0.2) is 5.82 Å². The number of hydrogen-bond donors (Lipinski definition) is 1. The van der Waals surface area contributed by atoms with Crippen LogP contribution in [-0.2, 0) is 14.3 Å². The van der Waals surface area contributed by atoms with Crippen molar-refractivity contribution < 1.29 is 27.8 Å². The largest absolute Gasteiger partial charge is 0.468 e. The molecular formula is C29H30ClF2N3O4S. The number of anilines is 1. The van der Waals surface area contributed by atoms with Gasteiger partial charge in [0.1, 0.15) is 17.7 Å². The SMILES string of the molecule is CCCSNc1ccc(F)c(C(=O)c2cn(C(C)OC)c3ncc(-c4ccc(Cl)cc4)cc23)c1F.CCOC=O. The summed E-state index contributed by atoms with van der Waals surface area (Å²) in [5, 5.41) is 1.05. The van der Waals surface area contributed by atoms with Crippen molar-refractivity contribution in [3.63, 3.8) is 0 Å². The van der Waals surface area contributed by atoms with Crippen molar-refractivity contribution in [2.75, 3.05) is 24.2 Å². The van der Waals surface area contributed by atoms with Crippen molar-refractivity contribution in [2.45, 2.75) is 33.4 Å². The molecular weight excluding hydrogens is 560 g/mol. The second-order valence-electron chi connectivity index (χ2n) is 8.50. The Labute approximate surface area is 241 Å². The summed E-state index contributed by atoms with van der Waals surface area (Å²) in [6.45, 7) is 6.45. The van der Waals surface area contributed by atoms with E-state index in [-0.39, 0.29) is 11.3 Å². The van der Waals surface area contributed by atoms with E-state index < -0.39 is 29.2 Å². The molecule has 0 aliphatic rings. The number of halogens is 3. The van der Waals surface area contributed by atoms with Crippen molar-refractivity contribution >= 4 is 52.5 Å². The van der Waals surface area contributed by atoms with Gasteiger partial charge in [-0.15, -0.1) is 0 Å². The lowest BCUT2D eigenvalue weighted by Crippen LogP contribution is -2.10. The molecule has 0 aliphatic heterocycles. The highest BCUT2D eigenvalue weighted by molar-refractivity contribution is 8.00. The number of pyridine rings is 1. The Hall–Kier alpha value is -3.47. The average Bonchev–Trinajstić information content (AvgIpc) is 3.34. The van der Waals surface area contributed by atoms with Gasteiger partial charge in [-0.1, -0.05) is 42.6 Å². The molecule has 7 nitrogen and oxygen atoms in total. The van der Waals surface area contributed by atoms with Gasteiger partial charge in [-0.3, -0.25) is 9.59 Å². The van der Waals surface area contributed by atoms with Gasteiger partial charge in [0.25, 0.3) is 6.47 Å². The lowest BCUT2D eigenvalue weighted by molar-refractivity contribution is -0.128. The third-order valence-electron chi connectivity index (χ3n) is 5.87. The molecule has 1 unspecified atom stereocenters. The number of benzene rings is 2. The molecule has 11 heteroatoms. The number of rotatable bonds is 11. The normalized spacial score (nSPS) is 11.5. The van der Waals surface area contributed by atoms with Crippen LogP contribution in [0.4, 0.5) is 14.5 Å². The van der Waals surface area contributed by atoms with Gasteiger partial charge in [0.2, 0.25) is 5.78 Å². The standard InChI is InChI=1S/C26H24ClF2N3O2S.C3H6O2/c1-4-11-35-31-22-10-9-21(28)23(24(22)29)25(33)20-14-32(15(2)34-3)26-19(20)12-17(13-30-26)16-5-7-18(27)8-6-16;1-2-5-3-4/h5-10,12-15,31H,4,11H2,1-3H3;3H,2H2,1H3. The highest BCUT2D eigenvalue weighted by Gasteiger charge is 2.26. The zero-order valence-corrected chi connectivity index (χ0v) is 24.1. The molecule has 4 aromatic rings. The number of nitrogens with one attached hydrogen (secondary N) is 1. The zero-order chi connectivity index (χ0) is 29.2. The number of fused-ring (bicyclic) bond motifs is 1. The summed E-state index contributed by atoms with van der Waals surface area (Å²) < 4.78 is 44.2. The fourth-order valence-corrected chi connectivity index (χ4v) is 4.52. The number of aromatic nitrogens is 2. The number of ketones is 1. The number of nitrogens with zero attached hydrogens (tertiary/aromatic N) is 2. The molecule has 0 aliphatic carbocycles. The van der Waals surface area contributed by atoms with E-state index in [2.05, 4.69) is 14.4 Å². The molecule has 1 N–H and O–H groups in total. The maximum atomic E-state index is 15.3. The topological polar surface area (TPSA) is 82.5 Å². The number of ether oxygens (including phenoxy) is 2. The Morgan fingerprint density at radius 1 is 1.18 bits per heavy atom. The van der Waals surface area contributed by atoms with Crippen LogP contribution in [0.25, 0.3) is 22.2 Å². The second kappa shape index (κ2) is 14.8. The van der Waals surface area contributed by atoms with Crippen LogP contribution >= 0.6 is 23.5 Å². The van der Waals surface area contributed by atoms with E-state index in [1.807, 2.05) is 19.1 Å².